The molecular weight excluding hydrogens is 372 g/mol. The van der Waals surface area contributed by atoms with Crippen molar-refractivity contribution in [3.8, 4) is 5.75 Å². The Kier molecular flexibility index (Phi) is 8.33. The number of hydrogen-bond acceptors (Lipinski definition) is 4. The highest BCUT2D eigenvalue weighted by Gasteiger charge is 2.29. The lowest BCUT2D eigenvalue weighted by molar-refractivity contribution is 0.00514. The van der Waals surface area contributed by atoms with Crippen LogP contribution in [0.25, 0.3) is 0 Å². The lowest BCUT2D eigenvalue weighted by atomic mass is 9.80. The summed E-state index contributed by atoms with van der Waals surface area (Å²) in [5.41, 5.74) is 2.73. The van der Waals surface area contributed by atoms with Crippen LogP contribution in [0.2, 0.25) is 0 Å². The van der Waals surface area contributed by atoms with Crippen molar-refractivity contribution in [1.82, 2.24) is 10.0 Å². The van der Waals surface area contributed by atoms with Crippen LogP contribution in [0.5, 0.6) is 5.75 Å². The van der Waals surface area contributed by atoms with Crippen molar-refractivity contribution >= 4 is 11.0 Å². The van der Waals surface area contributed by atoms with E-state index >= 15 is 0 Å². The van der Waals surface area contributed by atoms with Gasteiger partial charge in [-0.2, -0.15) is 0 Å². The largest absolute Gasteiger partial charge is 0.494 e. The first-order valence-electron chi connectivity index (χ1n) is 10.7. The Bertz CT molecular complexity index is 647. The minimum Gasteiger partial charge on any atom is -0.494 e. The second kappa shape index (κ2) is 10.7. The Hall–Kier alpha value is -0.950. The van der Waals surface area contributed by atoms with Gasteiger partial charge in [0.1, 0.15) is 5.75 Å². The van der Waals surface area contributed by atoms with E-state index in [4.69, 9.17) is 9.47 Å². The highest BCUT2D eigenvalue weighted by Crippen LogP contribution is 2.40. The van der Waals surface area contributed by atoms with Crippen LogP contribution in [0, 0.1) is 6.92 Å². The molecule has 28 heavy (non-hydrogen) atoms. The fraction of sp³-hybridized carbons (Fsp3) is 0.727. The summed E-state index contributed by atoms with van der Waals surface area (Å²) in [6.07, 6.45) is 8.69. The highest BCUT2D eigenvalue weighted by molar-refractivity contribution is 7.82. The van der Waals surface area contributed by atoms with Gasteiger partial charge in [0.2, 0.25) is 0 Å². The quantitative estimate of drug-likeness (QED) is 0.692. The molecule has 0 bridgehead atoms. The van der Waals surface area contributed by atoms with Crippen LogP contribution < -0.4 is 14.8 Å². The SMILES string of the molecule is CCOc1cccc(C)c1C1CCC(OCC2NCCCC2NS(C)=O)CC1. The average Bonchev–Trinajstić information content (AvgIpc) is 2.68. The molecule has 0 spiro atoms. The van der Waals surface area contributed by atoms with Crippen LogP contribution in [0.3, 0.4) is 0 Å². The van der Waals surface area contributed by atoms with E-state index in [2.05, 4.69) is 35.2 Å². The lowest BCUT2D eigenvalue weighted by Crippen LogP contribution is -2.54. The Balaban J connectivity index is 1.51. The van der Waals surface area contributed by atoms with E-state index in [1.165, 1.54) is 11.1 Å². The number of rotatable bonds is 8. The molecule has 6 heteroatoms. The summed E-state index contributed by atoms with van der Waals surface area (Å²) in [6, 6.07) is 6.87. The highest BCUT2D eigenvalue weighted by atomic mass is 32.2. The molecule has 158 valence electrons. The van der Waals surface area contributed by atoms with Crippen LogP contribution in [0.15, 0.2) is 18.2 Å². The molecule has 0 radical (unpaired) electrons. The molecule has 1 heterocycles. The summed E-state index contributed by atoms with van der Waals surface area (Å²) in [5, 5.41) is 3.54. The molecule has 2 N–H and O–H groups in total. The van der Waals surface area contributed by atoms with E-state index in [-0.39, 0.29) is 12.1 Å². The van der Waals surface area contributed by atoms with Gasteiger partial charge in [0, 0.05) is 23.9 Å². The van der Waals surface area contributed by atoms with Gasteiger partial charge in [-0.25, -0.2) is 8.93 Å². The second-order valence-corrected chi connectivity index (χ2v) is 9.25. The summed E-state index contributed by atoms with van der Waals surface area (Å²) in [4.78, 5) is 0. The molecule has 0 amide bonds. The smallest absolute Gasteiger partial charge is 0.123 e. The first-order valence-corrected chi connectivity index (χ1v) is 12.3. The van der Waals surface area contributed by atoms with Crippen molar-refractivity contribution in [2.45, 2.75) is 76.5 Å². The van der Waals surface area contributed by atoms with Crippen LogP contribution in [-0.2, 0) is 15.7 Å². The summed E-state index contributed by atoms with van der Waals surface area (Å²) in [7, 11) is -0.982. The zero-order valence-electron chi connectivity index (χ0n) is 17.5. The van der Waals surface area contributed by atoms with Crippen molar-refractivity contribution in [2.75, 3.05) is 26.0 Å². The van der Waals surface area contributed by atoms with E-state index in [0.717, 1.165) is 50.8 Å². The van der Waals surface area contributed by atoms with Gasteiger partial charge in [-0.3, -0.25) is 0 Å². The molecule has 1 aromatic rings. The van der Waals surface area contributed by atoms with Crippen LogP contribution in [-0.4, -0.2) is 48.4 Å². The minimum absolute atomic E-state index is 0.233. The fourth-order valence-electron chi connectivity index (χ4n) is 4.70. The molecule has 1 aliphatic carbocycles. The molecule has 1 saturated carbocycles. The van der Waals surface area contributed by atoms with Gasteiger partial charge in [-0.05, 0) is 76.5 Å². The molecule has 1 aliphatic heterocycles. The Morgan fingerprint density at radius 3 is 2.71 bits per heavy atom. The number of ether oxygens (including phenoxy) is 2. The van der Waals surface area contributed by atoms with Crippen LogP contribution >= 0.6 is 0 Å². The van der Waals surface area contributed by atoms with Gasteiger partial charge in [-0.1, -0.05) is 12.1 Å². The number of benzene rings is 1. The van der Waals surface area contributed by atoms with Crippen molar-refractivity contribution in [3.63, 3.8) is 0 Å². The third-order valence-electron chi connectivity index (χ3n) is 6.08. The standard InChI is InChI=1S/C22H36N2O3S/c1-4-26-21-9-5-7-16(2)22(21)17-10-12-18(13-11-17)27-15-20-19(24-28(3)25)8-6-14-23-20/h5,7,9,17-20,23-24H,4,6,8,10-15H2,1-3H3. The van der Waals surface area contributed by atoms with Gasteiger partial charge >= 0.3 is 0 Å². The maximum Gasteiger partial charge on any atom is 0.123 e. The molecule has 0 aromatic heterocycles. The zero-order valence-corrected chi connectivity index (χ0v) is 18.4. The predicted octanol–water partition coefficient (Wildman–Crippen LogP) is 3.44. The van der Waals surface area contributed by atoms with Crippen LogP contribution in [0.1, 0.15) is 62.5 Å². The second-order valence-electron chi connectivity index (χ2n) is 8.11. The zero-order chi connectivity index (χ0) is 19.9. The lowest BCUT2D eigenvalue weighted by Gasteiger charge is -2.35. The van der Waals surface area contributed by atoms with E-state index in [9.17, 15) is 4.21 Å². The topological polar surface area (TPSA) is 59.6 Å². The number of nitrogens with one attached hydrogen (secondary N) is 2. The van der Waals surface area contributed by atoms with E-state index in [1.807, 2.05) is 6.92 Å². The monoisotopic (exact) mass is 408 g/mol. The number of piperidine rings is 1. The molecular formula is C22H36N2O3S. The maximum atomic E-state index is 11.6. The summed E-state index contributed by atoms with van der Waals surface area (Å²) < 4.78 is 26.9. The number of hydrogen-bond donors (Lipinski definition) is 2. The van der Waals surface area contributed by atoms with E-state index < -0.39 is 11.0 Å². The predicted molar refractivity (Wildman–Crippen MR) is 115 cm³/mol. The summed E-state index contributed by atoms with van der Waals surface area (Å²) in [5.74, 6) is 1.62. The van der Waals surface area contributed by atoms with Crippen molar-refractivity contribution < 1.29 is 13.7 Å². The summed E-state index contributed by atoms with van der Waals surface area (Å²) >= 11 is 0. The van der Waals surface area contributed by atoms with Crippen molar-refractivity contribution in [2.24, 2.45) is 0 Å². The molecule has 2 aliphatic rings. The van der Waals surface area contributed by atoms with Crippen LogP contribution in [0.4, 0.5) is 0 Å². The van der Waals surface area contributed by atoms with Gasteiger partial charge in [0.05, 0.1) is 30.3 Å². The molecule has 3 unspecified atom stereocenters. The Morgan fingerprint density at radius 1 is 1.21 bits per heavy atom. The molecule has 3 atom stereocenters. The molecule has 1 aromatic carbocycles. The Labute approximate surface area is 172 Å². The molecule has 3 rings (SSSR count). The Morgan fingerprint density at radius 2 is 2.00 bits per heavy atom. The van der Waals surface area contributed by atoms with Crippen molar-refractivity contribution in [3.05, 3.63) is 29.3 Å². The fourth-order valence-corrected chi connectivity index (χ4v) is 5.41. The third-order valence-corrected chi connectivity index (χ3v) is 6.71. The minimum atomic E-state index is -0.982. The third kappa shape index (κ3) is 5.78. The average molecular weight is 409 g/mol. The number of aryl methyl sites for hydroxylation is 1. The van der Waals surface area contributed by atoms with E-state index in [1.54, 1.807) is 6.26 Å². The van der Waals surface area contributed by atoms with E-state index in [0.29, 0.717) is 25.2 Å². The van der Waals surface area contributed by atoms with Gasteiger partial charge < -0.3 is 14.8 Å². The maximum absolute atomic E-state index is 11.6. The first kappa shape index (κ1) is 21.8. The van der Waals surface area contributed by atoms with Gasteiger partial charge in [0.25, 0.3) is 0 Å². The molecule has 2 fully saturated rings. The van der Waals surface area contributed by atoms with Gasteiger partial charge in [0.15, 0.2) is 0 Å². The summed E-state index contributed by atoms with van der Waals surface area (Å²) in [6.45, 7) is 6.66. The normalized spacial score (nSPS) is 29.4. The van der Waals surface area contributed by atoms with Crippen molar-refractivity contribution in [1.29, 1.82) is 0 Å². The molecule has 1 saturated heterocycles. The first-order chi connectivity index (χ1) is 13.6. The van der Waals surface area contributed by atoms with Gasteiger partial charge in [-0.15, -0.1) is 0 Å². The molecule has 5 nitrogen and oxygen atoms in total.